The number of carbonyl (C=O) groups excluding carboxylic acids is 2. The van der Waals surface area contributed by atoms with Crippen molar-refractivity contribution in [3.63, 3.8) is 0 Å². The number of aryl methyl sites for hydroxylation is 2. The Kier molecular flexibility index (Phi) is 4.14. The highest BCUT2D eigenvalue weighted by atomic mass is 32.1. The van der Waals surface area contributed by atoms with Crippen molar-refractivity contribution in [2.24, 2.45) is 0 Å². The molecule has 1 aromatic carbocycles. The summed E-state index contributed by atoms with van der Waals surface area (Å²) < 4.78 is 0. The SMILES string of the molecule is Cc1csc(NC(=O)C(=O)Nc2cccc(C)c2C)n1. The van der Waals surface area contributed by atoms with Crippen LogP contribution in [0.4, 0.5) is 10.8 Å². The van der Waals surface area contributed by atoms with E-state index in [-0.39, 0.29) is 0 Å². The van der Waals surface area contributed by atoms with E-state index in [1.54, 1.807) is 11.4 Å². The number of benzene rings is 1. The molecule has 0 bridgehead atoms. The van der Waals surface area contributed by atoms with E-state index in [9.17, 15) is 9.59 Å². The Labute approximate surface area is 121 Å². The van der Waals surface area contributed by atoms with Crippen molar-refractivity contribution in [2.45, 2.75) is 20.8 Å². The minimum absolute atomic E-state index is 0.420. The number of hydrogen-bond acceptors (Lipinski definition) is 4. The molecule has 0 saturated heterocycles. The standard InChI is InChI=1S/C14H15N3O2S/c1-8-5-4-6-11(10(8)3)16-12(18)13(19)17-14-15-9(2)7-20-14/h4-7H,1-3H3,(H,16,18)(H,15,17,19). The van der Waals surface area contributed by atoms with Crippen LogP contribution in [0, 0.1) is 20.8 Å². The lowest BCUT2D eigenvalue weighted by molar-refractivity contribution is -0.133. The van der Waals surface area contributed by atoms with Gasteiger partial charge in [-0.1, -0.05) is 12.1 Å². The summed E-state index contributed by atoms with van der Waals surface area (Å²) in [6.45, 7) is 5.67. The number of rotatable bonds is 2. The first-order valence-electron chi connectivity index (χ1n) is 6.08. The van der Waals surface area contributed by atoms with Gasteiger partial charge in [-0.25, -0.2) is 4.98 Å². The molecule has 0 spiro atoms. The fourth-order valence-electron chi connectivity index (χ4n) is 1.63. The number of anilines is 2. The van der Waals surface area contributed by atoms with E-state index in [1.807, 2.05) is 32.9 Å². The van der Waals surface area contributed by atoms with E-state index in [0.717, 1.165) is 16.8 Å². The van der Waals surface area contributed by atoms with E-state index in [4.69, 9.17) is 0 Å². The number of aromatic nitrogens is 1. The Morgan fingerprint density at radius 1 is 1.10 bits per heavy atom. The highest BCUT2D eigenvalue weighted by Gasteiger charge is 2.16. The Hall–Kier alpha value is -2.21. The van der Waals surface area contributed by atoms with Gasteiger partial charge in [-0.05, 0) is 38.0 Å². The van der Waals surface area contributed by atoms with Crippen molar-refractivity contribution in [1.29, 1.82) is 0 Å². The van der Waals surface area contributed by atoms with E-state index < -0.39 is 11.8 Å². The molecule has 2 amide bonds. The first-order valence-corrected chi connectivity index (χ1v) is 6.96. The molecule has 0 saturated carbocycles. The number of hydrogen-bond donors (Lipinski definition) is 2. The zero-order chi connectivity index (χ0) is 14.7. The van der Waals surface area contributed by atoms with Crippen LogP contribution in [-0.2, 0) is 9.59 Å². The van der Waals surface area contributed by atoms with Crippen LogP contribution in [0.15, 0.2) is 23.6 Å². The number of nitrogens with zero attached hydrogens (tertiary/aromatic N) is 1. The smallest absolute Gasteiger partial charge is 0.315 e. The van der Waals surface area contributed by atoms with Gasteiger partial charge in [0.15, 0.2) is 5.13 Å². The quantitative estimate of drug-likeness (QED) is 0.835. The highest BCUT2D eigenvalue weighted by molar-refractivity contribution is 7.14. The third kappa shape index (κ3) is 3.21. The minimum Gasteiger partial charge on any atom is -0.318 e. The average Bonchev–Trinajstić information content (AvgIpc) is 2.80. The van der Waals surface area contributed by atoms with Crippen LogP contribution >= 0.6 is 11.3 Å². The van der Waals surface area contributed by atoms with Gasteiger partial charge in [0.2, 0.25) is 0 Å². The summed E-state index contributed by atoms with van der Waals surface area (Å²) in [6.07, 6.45) is 0. The van der Waals surface area contributed by atoms with Gasteiger partial charge in [-0.15, -0.1) is 11.3 Å². The van der Waals surface area contributed by atoms with Gasteiger partial charge < -0.3 is 5.32 Å². The summed E-state index contributed by atoms with van der Waals surface area (Å²) in [5, 5.41) is 7.30. The van der Waals surface area contributed by atoms with E-state index in [0.29, 0.717) is 10.8 Å². The molecule has 2 rings (SSSR count). The zero-order valence-corrected chi connectivity index (χ0v) is 12.3. The predicted octanol–water partition coefficient (Wildman–Crippen LogP) is 2.65. The van der Waals surface area contributed by atoms with Crippen molar-refractivity contribution in [3.05, 3.63) is 40.4 Å². The molecule has 1 aromatic heterocycles. The molecule has 0 fully saturated rings. The number of amides is 2. The molecule has 0 radical (unpaired) electrons. The monoisotopic (exact) mass is 289 g/mol. The van der Waals surface area contributed by atoms with Gasteiger partial charge in [0.1, 0.15) is 0 Å². The fraction of sp³-hybridized carbons (Fsp3) is 0.214. The molecule has 6 heteroatoms. The molecule has 0 aliphatic heterocycles. The summed E-state index contributed by atoms with van der Waals surface area (Å²) >= 11 is 1.28. The van der Waals surface area contributed by atoms with Crippen molar-refractivity contribution < 1.29 is 9.59 Å². The van der Waals surface area contributed by atoms with Crippen LogP contribution in [-0.4, -0.2) is 16.8 Å². The van der Waals surface area contributed by atoms with Crippen molar-refractivity contribution in [2.75, 3.05) is 10.6 Å². The van der Waals surface area contributed by atoms with Gasteiger partial charge >= 0.3 is 11.8 Å². The fourth-order valence-corrected chi connectivity index (χ4v) is 2.31. The van der Waals surface area contributed by atoms with Crippen LogP contribution in [0.1, 0.15) is 16.8 Å². The maximum absolute atomic E-state index is 11.8. The van der Waals surface area contributed by atoms with Crippen molar-refractivity contribution >= 4 is 34.0 Å². The van der Waals surface area contributed by atoms with Crippen LogP contribution in [0.25, 0.3) is 0 Å². The largest absolute Gasteiger partial charge is 0.318 e. The molecular formula is C14H15N3O2S. The lowest BCUT2D eigenvalue weighted by atomic mass is 10.1. The van der Waals surface area contributed by atoms with E-state index in [2.05, 4.69) is 15.6 Å². The van der Waals surface area contributed by atoms with Gasteiger partial charge in [0, 0.05) is 11.1 Å². The van der Waals surface area contributed by atoms with Crippen LogP contribution < -0.4 is 10.6 Å². The number of nitrogens with one attached hydrogen (secondary N) is 2. The second-order valence-corrected chi connectivity index (χ2v) is 5.31. The normalized spacial score (nSPS) is 10.2. The molecule has 0 atom stereocenters. The molecule has 104 valence electrons. The minimum atomic E-state index is -0.722. The molecule has 5 nitrogen and oxygen atoms in total. The summed E-state index contributed by atoms with van der Waals surface area (Å²) in [5.41, 5.74) is 3.44. The summed E-state index contributed by atoms with van der Waals surface area (Å²) in [4.78, 5) is 27.7. The first-order chi connectivity index (χ1) is 9.47. The Balaban J connectivity index is 2.04. The van der Waals surface area contributed by atoms with Crippen molar-refractivity contribution in [1.82, 2.24) is 4.98 Å². The molecule has 0 unspecified atom stereocenters. The predicted molar refractivity (Wildman–Crippen MR) is 80.0 cm³/mol. The Morgan fingerprint density at radius 3 is 2.45 bits per heavy atom. The first kappa shape index (κ1) is 14.2. The maximum atomic E-state index is 11.8. The third-order valence-electron chi connectivity index (χ3n) is 2.90. The average molecular weight is 289 g/mol. The summed E-state index contributed by atoms with van der Waals surface area (Å²) in [5.74, 6) is -1.42. The van der Waals surface area contributed by atoms with Crippen molar-refractivity contribution in [3.8, 4) is 0 Å². The van der Waals surface area contributed by atoms with E-state index in [1.165, 1.54) is 11.3 Å². The maximum Gasteiger partial charge on any atom is 0.315 e. The van der Waals surface area contributed by atoms with Crippen LogP contribution in [0.3, 0.4) is 0 Å². The second kappa shape index (κ2) is 5.83. The Bertz CT molecular complexity index is 664. The third-order valence-corrected chi connectivity index (χ3v) is 3.77. The van der Waals surface area contributed by atoms with Gasteiger partial charge in [-0.3, -0.25) is 14.9 Å². The van der Waals surface area contributed by atoms with Crippen LogP contribution in [0.5, 0.6) is 0 Å². The summed E-state index contributed by atoms with van der Waals surface area (Å²) in [6, 6.07) is 5.55. The zero-order valence-electron chi connectivity index (χ0n) is 11.5. The number of thiazole rings is 1. The Morgan fingerprint density at radius 2 is 1.80 bits per heavy atom. The second-order valence-electron chi connectivity index (χ2n) is 4.45. The van der Waals surface area contributed by atoms with Gasteiger partial charge in [0.05, 0.1) is 5.69 Å². The van der Waals surface area contributed by atoms with Gasteiger partial charge in [-0.2, -0.15) is 0 Å². The molecular weight excluding hydrogens is 274 g/mol. The molecule has 0 aliphatic rings. The summed E-state index contributed by atoms with van der Waals surface area (Å²) in [7, 11) is 0. The highest BCUT2D eigenvalue weighted by Crippen LogP contribution is 2.18. The molecule has 2 aromatic rings. The lowest BCUT2D eigenvalue weighted by Gasteiger charge is -2.09. The van der Waals surface area contributed by atoms with Gasteiger partial charge in [0.25, 0.3) is 0 Å². The number of carbonyl (C=O) groups is 2. The topological polar surface area (TPSA) is 71.1 Å². The van der Waals surface area contributed by atoms with Crippen LogP contribution in [0.2, 0.25) is 0 Å². The molecule has 2 N–H and O–H groups in total. The molecule has 1 heterocycles. The molecule has 0 aliphatic carbocycles. The molecule has 20 heavy (non-hydrogen) atoms. The van der Waals surface area contributed by atoms with E-state index >= 15 is 0 Å². The lowest BCUT2D eigenvalue weighted by Crippen LogP contribution is -2.29.